The number of amides is 1. The highest BCUT2D eigenvalue weighted by Gasteiger charge is 2.26. The van der Waals surface area contributed by atoms with Crippen LogP contribution in [0.2, 0.25) is 0 Å². The van der Waals surface area contributed by atoms with Gasteiger partial charge in [-0.3, -0.25) is 4.79 Å². The van der Waals surface area contributed by atoms with E-state index < -0.39 is 0 Å². The molecule has 0 spiro atoms. The summed E-state index contributed by atoms with van der Waals surface area (Å²) in [6, 6.07) is 0.00594. The summed E-state index contributed by atoms with van der Waals surface area (Å²) in [4.78, 5) is 13.9. The third kappa shape index (κ3) is 2.46. The van der Waals surface area contributed by atoms with Crippen molar-refractivity contribution in [3.8, 4) is 0 Å². The first-order valence-corrected chi connectivity index (χ1v) is 6.09. The van der Waals surface area contributed by atoms with Gasteiger partial charge in [0.15, 0.2) is 0 Å². The number of carbonyl (C=O) groups excluding carboxylic acids is 1. The van der Waals surface area contributed by atoms with Gasteiger partial charge < -0.3 is 15.2 Å². The van der Waals surface area contributed by atoms with Crippen LogP contribution in [0, 0.1) is 19.8 Å². The molecule has 1 aromatic rings. The standard InChI is InChI=1S/C13H19N3O2/c1-8-12(9(2)18-15-8)7-16(3)13(17)10-4-5-11(14)6-10/h4-5,10-11H,6-7,14H2,1-3H3. The van der Waals surface area contributed by atoms with E-state index in [0.29, 0.717) is 13.0 Å². The lowest BCUT2D eigenvalue weighted by Crippen LogP contribution is -2.32. The molecule has 18 heavy (non-hydrogen) atoms. The lowest BCUT2D eigenvalue weighted by atomic mass is 10.1. The molecular weight excluding hydrogens is 230 g/mol. The number of hydrogen-bond donors (Lipinski definition) is 1. The normalized spacial score (nSPS) is 22.4. The first-order chi connectivity index (χ1) is 8.49. The summed E-state index contributed by atoms with van der Waals surface area (Å²) < 4.78 is 5.10. The van der Waals surface area contributed by atoms with E-state index in [1.54, 1.807) is 11.9 Å². The fourth-order valence-electron chi connectivity index (χ4n) is 2.24. The van der Waals surface area contributed by atoms with Gasteiger partial charge in [0.05, 0.1) is 18.2 Å². The number of nitrogens with two attached hydrogens (primary N) is 1. The largest absolute Gasteiger partial charge is 0.361 e. The number of hydrogen-bond acceptors (Lipinski definition) is 4. The van der Waals surface area contributed by atoms with Gasteiger partial charge in [-0.15, -0.1) is 0 Å². The fraction of sp³-hybridized carbons (Fsp3) is 0.538. The minimum absolute atomic E-state index is 0.00594. The van der Waals surface area contributed by atoms with Crippen LogP contribution in [0.4, 0.5) is 0 Å². The highest BCUT2D eigenvalue weighted by molar-refractivity contribution is 5.81. The second kappa shape index (κ2) is 4.94. The molecular formula is C13H19N3O2. The van der Waals surface area contributed by atoms with Crippen molar-refractivity contribution < 1.29 is 9.32 Å². The maximum Gasteiger partial charge on any atom is 0.229 e. The van der Waals surface area contributed by atoms with Crippen molar-refractivity contribution in [2.45, 2.75) is 32.9 Å². The van der Waals surface area contributed by atoms with E-state index in [2.05, 4.69) is 5.16 Å². The quantitative estimate of drug-likeness (QED) is 0.816. The summed E-state index contributed by atoms with van der Waals surface area (Å²) >= 11 is 0. The van der Waals surface area contributed by atoms with Gasteiger partial charge >= 0.3 is 0 Å². The molecule has 5 nitrogen and oxygen atoms in total. The maximum atomic E-state index is 12.2. The predicted octanol–water partition coefficient (Wildman–Crippen LogP) is 1.15. The van der Waals surface area contributed by atoms with Crippen LogP contribution >= 0.6 is 0 Å². The Bertz CT molecular complexity index is 459. The molecule has 0 fully saturated rings. The molecule has 0 aromatic carbocycles. The lowest BCUT2D eigenvalue weighted by molar-refractivity contribution is -0.133. The van der Waals surface area contributed by atoms with Crippen LogP contribution in [0.3, 0.4) is 0 Å². The molecule has 0 saturated heterocycles. The molecule has 1 aromatic heterocycles. The Labute approximate surface area is 107 Å². The Balaban J connectivity index is 2.02. The van der Waals surface area contributed by atoms with Gasteiger partial charge in [0.2, 0.25) is 5.91 Å². The molecule has 0 saturated carbocycles. The smallest absolute Gasteiger partial charge is 0.229 e. The number of aromatic nitrogens is 1. The summed E-state index contributed by atoms with van der Waals surface area (Å²) in [7, 11) is 1.80. The minimum Gasteiger partial charge on any atom is -0.361 e. The SMILES string of the molecule is Cc1noc(C)c1CN(C)C(=O)C1C=CC(N)C1. The Morgan fingerprint density at radius 2 is 2.28 bits per heavy atom. The van der Waals surface area contributed by atoms with Gasteiger partial charge in [-0.25, -0.2) is 0 Å². The average Bonchev–Trinajstić information content (AvgIpc) is 2.89. The molecule has 2 rings (SSSR count). The van der Waals surface area contributed by atoms with E-state index in [9.17, 15) is 4.79 Å². The first kappa shape index (κ1) is 12.8. The molecule has 98 valence electrons. The van der Waals surface area contributed by atoms with Crippen LogP contribution in [0.5, 0.6) is 0 Å². The highest BCUT2D eigenvalue weighted by atomic mass is 16.5. The zero-order chi connectivity index (χ0) is 13.3. The number of nitrogens with zero attached hydrogens (tertiary/aromatic N) is 2. The molecule has 5 heteroatoms. The van der Waals surface area contributed by atoms with E-state index >= 15 is 0 Å². The predicted molar refractivity (Wildman–Crippen MR) is 67.7 cm³/mol. The van der Waals surface area contributed by atoms with Crippen molar-refractivity contribution in [3.05, 3.63) is 29.2 Å². The van der Waals surface area contributed by atoms with Gasteiger partial charge in [0, 0.05) is 18.7 Å². The van der Waals surface area contributed by atoms with E-state index in [1.165, 1.54) is 0 Å². The van der Waals surface area contributed by atoms with Gasteiger partial charge in [-0.05, 0) is 20.3 Å². The van der Waals surface area contributed by atoms with E-state index in [-0.39, 0.29) is 17.9 Å². The van der Waals surface area contributed by atoms with Crippen molar-refractivity contribution in [3.63, 3.8) is 0 Å². The third-order valence-electron chi connectivity index (χ3n) is 3.39. The fourth-order valence-corrected chi connectivity index (χ4v) is 2.24. The van der Waals surface area contributed by atoms with Crippen molar-refractivity contribution in [1.29, 1.82) is 0 Å². The van der Waals surface area contributed by atoms with Crippen LogP contribution in [0.25, 0.3) is 0 Å². The van der Waals surface area contributed by atoms with E-state index in [4.69, 9.17) is 10.3 Å². The van der Waals surface area contributed by atoms with Crippen molar-refractivity contribution >= 4 is 5.91 Å². The molecule has 1 amide bonds. The molecule has 2 unspecified atom stereocenters. The number of rotatable bonds is 3. The topological polar surface area (TPSA) is 72.4 Å². The third-order valence-corrected chi connectivity index (χ3v) is 3.39. The average molecular weight is 249 g/mol. The summed E-state index contributed by atoms with van der Waals surface area (Å²) in [5.74, 6) is 0.774. The zero-order valence-corrected chi connectivity index (χ0v) is 11.0. The van der Waals surface area contributed by atoms with Crippen LogP contribution in [0.1, 0.15) is 23.4 Å². The highest BCUT2D eigenvalue weighted by Crippen LogP contribution is 2.21. The molecule has 1 heterocycles. The monoisotopic (exact) mass is 249 g/mol. The molecule has 1 aliphatic carbocycles. The van der Waals surface area contributed by atoms with Crippen LogP contribution in [-0.2, 0) is 11.3 Å². The van der Waals surface area contributed by atoms with Gasteiger partial charge in [-0.1, -0.05) is 17.3 Å². The summed E-state index contributed by atoms with van der Waals surface area (Å²) in [5.41, 5.74) is 7.59. The molecule has 2 atom stereocenters. The zero-order valence-electron chi connectivity index (χ0n) is 11.0. The van der Waals surface area contributed by atoms with Gasteiger partial charge in [0.25, 0.3) is 0 Å². The first-order valence-electron chi connectivity index (χ1n) is 6.09. The molecule has 0 radical (unpaired) electrons. The Hall–Kier alpha value is -1.62. The van der Waals surface area contributed by atoms with Crippen LogP contribution < -0.4 is 5.73 Å². The Morgan fingerprint density at radius 1 is 1.56 bits per heavy atom. The molecule has 2 N–H and O–H groups in total. The lowest BCUT2D eigenvalue weighted by Gasteiger charge is -2.20. The summed E-state index contributed by atoms with van der Waals surface area (Å²) in [5, 5.41) is 3.89. The van der Waals surface area contributed by atoms with Gasteiger partial charge in [0.1, 0.15) is 5.76 Å². The van der Waals surface area contributed by atoms with Crippen molar-refractivity contribution in [1.82, 2.24) is 10.1 Å². The second-order valence-electron chi connectivity index (χ2n) is 4.89. The number of carbonyl (C=O) groups is 1. The van der Waals surface area contributed by atoms with Crippen LogP contribution in [0.15, 0.2) is 16.7 Å². The van der Waals surface area contributed by atoms with Crippen molar-refractivity contribution in [2.24, 2.45) is 11.7 Å². The van der Waals surface area contributed by atoms with Crippen molar-refractivity contribution in [2.75, 3.05) is 7.05 Å². The van der Waals surface area contributed by atoms with E-state index in [1.807, 2.05) is 26.0 Å². The van der Waals surface area contributed by atoms with E-state index in [0.717, 1.165) is 17.0 Å². The molecule has 0 aliphatic heterocycles. The molecule has 1 aliphatic rings. The summed E-state index contributed by atoms with van der Waals surface area (Å²) in [6.45, 7) is 4.27. The second-order valence-corrected chi connectivity index (χ2v) is 4.89. The Kier molecular flexibility index (Phi) is 3.52. The minimum atomic E-state index is -0.0922. The van der Waals surface area contributed by atoms with Crippen LogP contribution in [-0.4, -0.2) is 29.1 Å². The summed E-state index contributed by atoms with van der Waals surface area (Å²) in [6.07, 6.45) is 4.49. The maximum absolute atomic E-state index is 12.2. The molecule has 0 bridgehead atoms. The number of aryl methyl sites for hydroxylation is 2. The Morgan fingerprint density at radius 3 is 2.78 bits per heavy atom. The van der Waals surface area contributed by atoms with Gasteiger partial charge in [-0.2, -0.15) is 0 Å².